The molecule has 5 unspecified atom stereocenters. The molecule has 4 heterocycles. The van der Waals surface area contributed by atoms with Crippen molar-refractivity contribution in [3.05, 3.63) is 66.4 Å². The second kappa shape index (κ2) is 10.2. The number of hydrogen-bond acceptors (Lipinski definition) is 6. The van der Waals surface area contributed by atoms with Gasteiger partial charge in [0.25, 0.3) is 0 Å². The molecular weight excluding hydrogens is 468 g/mol. The first-order valence-electron chi connectivity index (χ1n) is 12.8. The molecule has 0 amide bonds. The SMILES string of the molecule is C=CC1C[N+]2(Cc3cc(OC)c(OC)c(OC)c3)CCC1CC2C(O)c1ccnc2ccc(OC)cc12. The van der Waals surface area contributed by atoms with Gasteiger partial charge in [-0.25, -0.2) is 0 Å². The average Bonchev–Trinajstić information content (AvgIpc) is 2.95. The Morgan fingerprint density at radius 3 is 2.46 bits per heavy atom. The van der Waals surface area contributed by atoms with Gasteiger partial charge in [-0.2, -0.15) is 0 Å². The van der Waals surface area contributed by atoms with Gasteiger partial charge in [-0.05, 0) is 47.9 Å². The van der Waals surface area contributed by atoms with Crippen LogP contribution in [0.4, 0.5) is 0 Å². The summed E-state index contributed by atoms with van der Waals surface area (Å²) in [7, 11) is 6.56. The summed E-state index contributed by atoms with van der Waals surface area (Å²) in [6.07, 6.45) is 5.32. The number of rotatable bonds is 9. The molecule has 1 aromatic heterocycles. The van der Waals surface area contributed by atoms with Crippen molar-refractivity contribution in [2.24, 2.45) is 11.8 Å². The summed E-state index contributed by atoms with van der Waals surface area (Å²) in [5.74, 6) is 3.59. The molecule has 0 aliphatic carbocycles. The highest BCUT2D eigenvalue weighted by Crippen LogP contribution is 2.49. The van der Waals surface area contributed by atoms with E-state index in [-0.39, 0.29) is 6.04 Å². The molecule has 3 aliphatic rings. The van der Waals surface area contributed by atoms with Gasteiger partial charge in [0.15, 0.2) is 11.5 Å². The normalized spacial score (nSPS) is 25.5. The Balaban J connectivity index is 1.57. The van der Waals surface area contributed by atoms with Gasteiger partial charge in [-0.1, -0.05) is 6.08 Å². The summed E-state index contributed by atoms with van der Waals surface area (Å²) in [6, 6.07) is 11.9. The van der Waals surface area contributed by atoms with Gasteiger partial charge in [-0.3, -0.25) is 4.98 Å². The third kappa shape index (κ3) is 4.40. The minimum Gasteiger partial charge on any atom is -0.497 e. The van der Waals surface area contributed by atoms with Crippen LogP contribution in [0.5, 0.6) is 23.0 Å². The lowest BCUT2D eigenvalue weighted by molar-refractivity contribution is -0.984. The van der Waals surface area contributed by atoms with Crippen molar-refractivity contribution in [1.82, 2.24) is 4.98 Å². The number of nitrogens with zero attached hydrogens (tertiary/aromatic N) is 2. The van der Waals surface area contributed by atoms with E-state index in [0.717, 1.165) is 64.7 Å². The van der Waals surface area contributed by atoms with Gasteiger partial charge in [-0.15, -0.1) is 6.58 Å². The van der Waals surface area contributed by atoms with Gasteiger partial charge >= 0.3 is 0 Å². The van der Waals surface area contributed by atoms with Crippen LogP contribution in [-0.4, -0.2) is 62.1 Å². The van der Waals surface area contributed by atoms with E-state index in [1.807, 2.05) is 36.4 Å². The van der Waals surface area contributed by atoms with Crippen LogP contribution in [0.1, 0.15) is 30.1 Å². The molecule has 7 heteroatoms. The Labute approximate surface area is 218 Å². The van der Waals surface area contributed by atoms with Gasteiger partial charge < -0.3 is 28.5 Å². The van der Waals surface area contributed by atoms with Crippen LogP contribution in [0, 0.1) is 11.8 Å². The Kier molecular flexibility index (Phi) is 7.01. The maximum atomic E-state index is 12.0. The summed E-state index contributed by atoms with van der Waals surface area (Å²) in [4.78, 5) is 4.53. The number of hydrogen-bond donors (Lipinski definition) is 1. The van der Waals surface area contributed by atoms with Crippen molar-refractivity contribution in [2.45, 2.75) is 31.5 Å². The van der Waals surface area contributed by atoms with Crippen molar-refractivity contribution in [1.29, 1.82) is 0 Å². The van der Waals surface area contributed by atoms with Crippen LogP contribution in [0.3, 0.4) is 0 Å². The molecule has 6 rings (SSSR count). The lowest BCUT2D eigenvalue weighted by atomic mass is 9.71. The van der Waals surface area contributed by atoms with E-state index < -0.39 is 6.10 Å². The number of quaternary nitrogens is 1. The zero-order chi connectivity index (χ0) is 26.2. The zero-order valence-corrected chi connectivity index (χ0v) is 22.1. The van der Waals surface area contributed by atoms with Gasteiger partial charge in [0.1, 0.15) is 24.4 Å². The van der Waals surface area contributed by atoms with E-state index in [1.165, 1.54) is 0 Å². The maximum Gasteiger partial charge on any atom is 0.203 e. The van der Waals surface area contributed by atoms with Crippen molar-refractivity contribution in [3.8, 4) is 23.0 Å². The number of aliphatic hydroxyl groups excluding tert-OH is 1. The maximum absolute atomic E-state index is 12.0. The van der Waals surface area contributed by atoms with Crippen LogP contribution in [0.15, 0.2) is 55.3 Å². The van der Waals surface area contributed by atoms with E-state index in [9.17, 15) is 5.11 Å². The second-order valence-electron chi connectivity index (χ2n) is 10.3. The Morgan fingerprint density at radius 2 is 1.81 bits per heavy atom. The molecule has 3 aromatic rings. The minimum absolute atomic E-state index is 0.0332. The van der Waals surface area contributed by atoms with E-state index in [1.54, 1.807) is 34.6 Å². The highest BCUT2D eigenvalue weighted by atomic mass is 16.5. The van der Waals surface area contributed by atoms with Gasteiger partial charge in [0.05, 0.1) is 47.0 Å². The molecule has 0 saturated carbocycles. The molecule has 0 radical (unpaired) electrons. The number of pyridine rings is 1. The predicted octanol–water partition coefficient (Wildman–Crippen LogP) is 4.91. The van der Waals surface area contributed by atoms with Crippen molar-refractivity contribution in [2.75, 3.05) is 41.5 Å². The number of aromatic nitrogens is 1. The molecule has 196 valence electrons. The van der Waals surface area contributed by atoms with Gasteiger partial charge in [0, 0.05) is 35.9 Å². The Bertz CT molecular complexity index is 1270. The lowest BCUT2D eigenvalue weighted by Gasteiger charge is -2.58. The highest BCUT2D eigenvalue weighted by Gasteiger charge is 2.54. The number of benzene rings is 2. The first-order valence-corrected chi connectivity index (χ1v) is 12.8. The van der Waals surface area contributed by atoms with E-state index in [4.69, 9.17) is 18.9 Å². The number of fused-ring (bicyclic) bond motifs is 4. The smallest absolute Gasteiger partial charge is 0.203 e. The standard InChI is InChI=1S/C30H37N2O5/c1-6-20-18-32(17-19-13-27(35-3)30(37-5)28(14-19)36-4)12-10-21(20)15-26(32)29(33)23-9-11-31-25-8-7-22(34-2)16-24(23)25/h6-9,11,13-14,16,20-21,26,29,33H,1,10,12,15,17-18H2,2-5H3/q+1. The third-order valence-electron chi connectivity index (χ3n) is 8.56. The Hall–Kier alpha value is -3.29. The zero-order valence-electron chi connectivity index (χ0n) is 22.1. The Morgan fingerprint density at radius 1 is 1.05 bits per heavy atom. The van der Waals surface area contributed by atoms with Crippen molar-refractivity contribution in [3.63, 3.8) is 0 Å². The number of piperidine rings is 3. The number of ether oxygens (including phenoxy) is 4. The van der Waals surface area contributed by atoms with E-state index in [2.05, 4.69) is 17.6 Å². The predicted molar refractivity (Wildman–Crippen MR) is 143 cm³/mol. The molecule has 5 atom stereocenters. The van der Waals surface area contributed by atoms with E-state index >= 15 is 0 Å². The molecule has 3 saturated heterocycles. The first-order chi connectivity index (χ1) is 18.0. The van der Waals surface area contributed by atoms with Crippen LogP contribution >= 0.6 is 0 Å². The largest absolute Gasteiger partial charge is 0.497 e. The first kappa shape index (κ1) is 25.4. The van der Waals surface area contributed by atoms with Gasteiger partial charge in [0.2, 0.25) is 5.75 Å². The highest BCUT2D eigenvalue weighted by molar-refractivity contribution is 5.83. The molecule has 3 aliphatic heterocycles. The fourth-order valence-corrected chi connectivity index (χ4v) is 6.71. The third-order valence-corrected chi connectivity index (χ3v) is 8.56. The van der Waals surface area contributed by atoms with Crippen LogP contribution in [-0.2, 0) is 6.54 Å². The monoisotopic (exact) mass is 505 g/mol. The summed E-state index contributed by atoms with van der Waals surface area (Å²) in [5, 5.41) is 13.0. The summed E-state index contributed by atoms with van der Waals surface area (Å²) in [5.41, 5.74) is 2.85. The number of aliphatic hydroxyl groups is 1. The molecule has 37 heavy (non-hydrogen) atoms. The molecule has 0 spiro atoms. The van der Waals surface area contributed by atoms with E-state index in [0.29, 0.717) is 29.1 Å². The fraction of sp³-hybridized carbons (Fsp3) is 0.433. The van der Waals surface area contributed by atoms with Crippen LogP contribution < -0.4 is 18.9 Å². The molecule has 2 bridgehead atoms. The molecule has 3 fully saturated rings. The van der Waals surface area contributed by atoms with Crippen molar-refractivity contribution >= 4 is 10.9 Å². The fourth-order valence-electron chi connectivity index (χ4n) is 6.71. The summed E-state index contributed by atoms with van der Waals surface area (Å²) >= 11 is 0. The average molecular weight is 506 g/mol. The molecular formula is C30H37N2O5+. The summed E-state index contributed by atoms with van der Waals surface area (Å²) < 4.78 is 23.1. The molecule has 1 N–H and O–H groups in total. The quantitative estimate of drug-likeness (QED) is 0.329. The molecule has 7 nitrogen and oxygen atoms in total. The molecule has 2 aromatic carbocycles. The second-order valence-corrected chi connectivity index (χ2v) is 10.3. The number of methoxy groups -OCH3 is 4. The van der Waals surface area contributed by atoms with Crippen LogP contribution in [0.2, 0.25) is 0 Å². The topological polar surface area (TPSA) is 70.0 Å². The summed E-state index contributed by atoms with van der Waals surface area (Å²) in [6.45, 7) is 6.85. The minimum atomic E-state index is -0.645. The van der Waals surface area contributed by atoms with Crippen molar-refractivity contribution < 1.29 is 28.5 Å². The lowest BCUT2D eigenvalue weighted by Crippen LogP contribution is -2.67. The van der Waals surface area contributed by atoms with Crippen LogP contribution in [0.25, 0.3) is 10.9 Å².